The second kappa shape index (κ2) is 23.6. The summed E-state index contributed by atoms with van der Waals surface area (Å²) in [6.07, 6.45) is 11.6. The Morgan fingerprint density at radius 2 is 0.977 bits per heavy atom. The van der Waals surface area contributed by atoms with Crippen molar-refractivity contribution in [2.45, 2.75) is 65.3 Å². The summed E-state index contributed by atoms with van der Waals surface area (Å²) in [5, 5.41) is 2.17. The van der Waals surface area contributed by atoms with E-state index < -0.39 is 0 Å². The summed E-state index contributed by atoms with van der Waals surface area (Å²) in [5.74, 6) is 2.34. The van der Waals surface area contributed by atoms with Crippen LogP contribution in [0.15, 0.2) is 273 Å². The van der Waals surface area contributed by atoms with Crippen LogP contribution in [-0.2, 0) is 18.4 Å². The molecule has 0 saturated carbocycles. The molecule has 4 heterocycles. The first-order chi connectivity index (χ1) is 42.6. The molecule has 4 aromatic heterocycles. The molecule has 0 bridgehead atoms. The summed E-state index contributed by atoms with van der Waals surface area (Å²) in [6, 6.07) is 94.2. The van der Waals surface area contributed by atoms with Crippen LogP contribution in [0.25, 0.3) is 111 Å². The predicted octanol–water partition coefficient (Wildman–Crippen LogP) is 20.4. The zero-order valence-corrected chi connectivity index (χ0v) is 49.7. The number of ether oxygens (including phenoxy) is 1. The van der Waals surface area contributed by atoms with Gasteiger partial charge in [-0.1, -0.05) is 197 Å². The second-order valence-electron chi connectivity index (χ2n) is 23.9. The van der Waals surface area contributed by atoms with E-state index in [2.05, 4.69) is 296 Å². The van der Waals surface area contributed by atoms with E-state index in [1.54, 1.807) is 0 Å². The number of nitrogens with zero attached hydrogens (tertiary/aromatic N) is 5. The minimum Gasteiger partial charge on any atom is -0.458 e. The number of para-hydroxylation sites is 2. The van der Waals surface area contributed by atoms with Crippen molar-refractivity contribution >= 4 is 32.8 Å². The van der Waals surface area contributed by atoms with Crippen LogP contribution in [0, 0.1) is 13.3 Å². The molecule has 0 amide bonds. The third kappa shape index (κ3) is 11.3. The third-order valence-corrected chi connectivity index (χ3v) is 16.9. The van der Waals surface area contributed by atoms with Crippen LogP contribution in [0.2, 0.25) is 0 Å². The highest BCUT2D eigenvalue weighted by atomic mass is 16.5. The minimum atomic E-state index is -0.0347. The molecule has 0 aliphatic heterocycles. The molecule has 6 nitrogen and oxygen atoms in total. The minimum absolute atomic E-state index is 0.0347. The first-order valence-corrected chi connectivity index (χ1v) is 30.4. The number of hydrogen-bond donors (Lipinski definition) is 0. The molecule has 0 radical (unpaired) electrons. The molecular formula is C81H67N5O. The molecule has 0 unspecified atom stereocenters. The Labute approximate surface area is 510 Å². The molecule has 0 aliphatic rings. The number of unbranched alkanes of at least 4 members (excludes halogenated alkanes) is 2. The summed E-state index contributed by atoms with van der Waals surface area (Å²) < 4.78 is 13.5. The molecule has 6 heteroatoms. The summed E-state index contributed by atoms with van der Waals surface area (Å²) in [7, 11) is 0. The Hall–Kier alpha value is -10.4. The molecule has 0 spiro atoms. The maximum Gasteiger partial charge on any atom is 0.244 e. The Morgan fingerprint density at radius 3 is 1.57 bits per heavy atom. The lowest BCUT2D eigenvalue weighted by atomic mass is 9.85. The van der Waals surface area contributed by atoms with Gasteiger partial charge in [0.15, 0.2) is 0 Å². The monoisotopic (exact) mass is 1130 g/mol. The number of benzene rings is 10. The van der Waals surface area contributed by atoms with Gasteiger partial charge in [-0.3, -0.25) is 9.55 Å². The molecule has 87 heavy (non-hydrogen) atoms. The molecule has 14 aromatic rings. The van der Waals surface area contributed by atoms with Crippen molar-refractivity contribution in [2.75, 3.05) is 0 Å². The lowest BCUT2D eigenvalue weighted by molar-refractivity contribution is -0.676. The van der Waals surface area contributed by atoms with Crippen molar-refractivity contribution in [1.29, 1.82) is 0 Å². The van der Waals surface area contributed by atoms with Crippen LogP contribution < -0.4 is 9.30 Å². The maximum absolute atomic E-state index is 6.78. The lowest BCUT2D eigenvalue weighted by Gasteiger charge is -2.20. The average molecular weight is 1130 g/mol. The summed E-state index contributed by atoms with van der Waals surface area (Å²) in [4.78, 5) is 9.61. The fraction of sp³-hybridized carbons (Fsp3) is 0.123. The molecular weight excluding hydrogens is 1060 g/mol. The molecule has 0 fully saturated rings. The number of fused-ring (bicyclic) bond motifs is 4. The van der Waals surface area contributed by atoms with Gasteiger partial charge < -0.3 is 13.9 Å². The topological polar surface area (TPSA) is 48.8 Å². The highest BCUT2D eigenvalue weighted by Crippen LogP contribution is 2.42. The molecule has 0 saturated heterocycles. The van der Waals surface area contributed by atoms with Crippen molar-refractivity contribution in [1.82, 2.24) is 19.1 Å². The van der Waals surface area contributed by atoms with Gasteiger partial charge in [-0.05, 0) is 195 Å². The van der Waals surface area contributed by atoms with Crippen molar-refractivity contribution in [3.8, 4) is 89.8 Å². The van der Waals surface area contributed by atoms with E-state index in [1.807, 2.05) is 25.4 Å². The summed E-state index contributed by atoms with van der Waals surface area (Å²) >= 11 is 0. The first kappa shape index (κ1) is 54.5. The Kier molecular flexibility index (Phi) is 14.8. The fourth-order valence-electron chi connectivity index (χ4n) is 12.5. The van der Waals surface area contributed by atoms with Crippen molar-refractivity contribution in [3.63, 3.8) is 0 Å². The van der Waals surface area contributed by atoms with Gasteiger partial charge in [0.25, 0.3) is 0 Å². The van der Waals surface area contributed by atoms with Gasteiger partial charge in [-0.15, -0.1) is 0 Å². The molecule has 14 rings (SSSR count). The maximum atomic E-state index is 6.78. The number of rotatable bonds is 16. The van der Waals surface area contributed by atoms with E-state index in [0.717, 1.165) is 93.8 Å². The number of aryl methyl sites for hydroxylation is 2. The molecule has 422 valence electrons. The Balaban J connectivity index is 0.770. The van der Waals surface area contributed by atoms with E-state index in [4.69, 9.17) is 14.7 Å². The Bertz CT molecular complexity index is 4530. The van der Waals surface area contributed by atoms with Crippen molar-refractivity contribution < 1.29 is 9.30 Å². The number of pyridine rings is 2. The molecule has 0 N–H and O–H groups in total. The predicted molar refractivity (Wildman–Crippen MR) is 359 cm³/mol. The van der Waals surface area contributed by atoms with E-state index in [0.29, 0.717) is 0 Å². The van der Waals surface area contributed by atoms with Crippen LogP contribution in [0.5, 0.6) is 11.5 Å². The van der Waals surface area contributed by atoms with Crippen molar-refractivity contribution in [3.05, 3.63) is 296 Å². The van der Waals surface area contributed by atoms with E-state index >= 15 is 0 Å². The Morgan fingerprint density at radius 1 is 0.437 bits per heavy atom. The van der Waals surface area contributed by atoms with Gasteiger partial charge in [0, 0.05) is 34.9 Å². The van der Waals surface area contributed by atoms with Crippen LogP contribution >= 0.6 is 0 Å². The average Bonchev–Trinajstić information content (AvgIpc) is 1.93. The zero-order valence-electron chi connectivity index (χ0n) is 49.7. The van der Waals surface area contributed by atoms with E-state index in [9.17, 15) is 0 Å². The van der Waals surface area contributed by atoms with Crippen LogP contribution in [0.1, 0.15) is 56.9 Å². The fourth-order valence-corrected chi connectivity index (χ4v) is 12.5. The van der Waals surface area contributed by atoms with E-state index in [1.165, 1.54) is 77.9 Å². The summed E-state index contributed by atoms with van der Waals surface area (Å²) in [5.41, 5.74) is 23.4. The van der Waals surface area contributed by atoms with Crippen molar-refractivity contribution in [2.24, 2.45) is 0 Å². The number of aromatic nitrogens is 5. The van der Waals surface area contributed by atoms with Gasteiger partial charge in [0.05, 0.1) is 34.3 Å². The van der Waals surface area contributed by atoms with E-state index in [-0.39, 0.29) is 5.41 Å². The summed E-state index contributed by atoms with van der Waals surface area (Å²) in [6.45, 7) is 9.57. The SMILES string of the molecule is Cc1cc2c(cn1)c1ccc(Oc3cccc(-n4[c-][n+](CCCCCc5c(-c6cc(-c7ccccc7)cc(-c7ccccc7)c6)cccc5-c5cc(-c6ccccc6)cc(-c6ccccc6)c5)c5ccccc54)c3)cc1n2-c1cc(C(C)(C)C)ccn1. The zero-order chi connectivity index (χ0) is 58.8. The normalized spacial score (nSPS) is 11.7. The van der Waals surface area contributed by atoms with Crippen LogP contribution in [0.4, 0.5) is 0 Å². The smallest absolute Gasteiger partial charge is 0.244 e. The first-order valence-electron chi connectivity index (χ1n) is 30.4. The highest BCUT2D eigenvalue weighted by molar-refractivity contribution is 6.09. The highest BCUT2D eigenvalue weighted by Gasteiger charge is 2.21. The van der Waals surface area contributed by atoms with Crippen LogP contribution in [0.3, 0.4) is 0 Å². The van der Waals surface area contributed by atoms with Gasteiger partial charge >= 0.3 is 0 Å². The molecule has 10 aromatic carbocycles. The molecule has 0 atom stereocenters. The number of imidazole rings is 1. The van der Waals surface area contributed by atoms with Crippen LogP contribution in [-0.4, -0.2) is 19.1 Å². The number of hydrogen-bond acceptors (Lipinski definition) is 3. The van der Waals surface area contributed by atoms with Gasteiger partial charge in [-0.25, -0.2) is 4.98 Å². The van der Waals surface area contributed by atoms with Gasteiger partial charge in [-0.2, -0.15) is 0 Å². The van der Waals surface area contributed by atoms with Gasteiger partial charge in [0.2, 0.25) is 6.33 Å². The van der Waals surface area contributed by atoms with Gasteiger partial charge in [0.1, 0.15) is 17.3 Å². The third-order valence-electron chi connectivity index (χ3n) is 16.9. The quantitative estimate of drug-likeness (QED) is 0.0550. The standard InChI is InChI=1S/C81H67N5O/c1-56-44-78-75(54-83-56)74-40-39-70(53-79(74)86(78)80-51-67(41-42-82-80)81(2,3)4)87-69-33-22-32-68(52-69)85-55-84(76-37-19-20-38-77(76)85)43-21-9-18-34-73-71(65-47-61(57-24-10-5-11-25-57)45-62(48-65)58-26-12-6-13-27-58)35-23-36-72(73)66-49-63(59-28-14-7-15-29-59)46-64(50-66)60-30-16-8-17-31-60/h5-8,10-17,19-20,22-33,35-42,44-54H,9,18,21,34,43H2,1-4H3. The lowest BCUT2D eigenvalue weighted by Crippen LogP contribution is -2.32. The second-order valence-corrected chi connectivity index (χ2v) is 23.9. The largest absolute Gasteiger partial charge is 0.458 e. The molecule has 0 aliphatic carbocycles.